The monoisotopic (exact) mass is 217 g/mol. The van der Waals surface area contributed by atoms with Gasteiger partial charge in [0.25, 0.3) is 0 Å². The lowest BCUT2D eigenvalue weighted by Crippen LogP contribution is -2.18. The molecule has 0 bridgehead atoms. The Bertz CT molecular complexity index is 342. The van der Waals surface area contributed by atoms with Crippen LogP contribution in [-0.2, 0) is 12.6 Å². The Kier molecular flexibility index (Phi) is 3.39. The van der Waals surface area contributed by atoms with Crippen LogP contribution in [0.2, 0.25) is 0 Å². The van der Waals surface area contributed by atoms with Crippen LogP contribution in [0, 0.1) is 6.92 Å². The molecule has 0 aliphatic heterocycles. The van der Waals surface area contributed by atoms with E-state index in [2.05, 4.69) is 0 Å². The third-order valence-electron chi connectivity index (χ3n) is 2.21. The van der Waals surface area contributed by atoms with Gasteiger partial charge in [-0.15, -0.1) is 0 Å². The third-order valence-corrected chi connectivity index (χ3v) is 2.21. The van der Waals surface area contributed by atoms with Crippen molar-refractivity contribution in [3.63, 3.8) is 0 Å². The first-order valence-electron chi connectivity index (χ1n) is 4.73. The van der Waals surface area contributed by atoms with Gasteiger partial charge in [0.2, 0.25) is 0 Å². The summed E-state index contributed by atoms with van der Waals surface area (Å²) in [5.74, 6) is 0. The van der Waals surface area contributed by atoms with Crippen LogP contribution in [0.3, 0.4) is 0 Å². The molecule has 4 heteroatoms. The van der Waals surface area contributed by atoms with Gasteiger partial charge >= 0.3 is 6.18 Å². The highest BCUT2D eigenvalue weighted by atomic mass is 19.4. The van der Waals surface area contributed by atoms with Gasteiger partial charge in [0.1, 0.15) is 0 Å². The molecular weight excluding hydrogens is 203 g/mol. The molecule has 1 aromatic rings. The zero-order valence-corrected chi connectivity index (χ0v) is 8.73. The van der Waals surface area contributed by atoms with Crippen molar-refractivity contribution >= 4 is 0 Å². The summed E-state index contributed by atoms with van der Waals surface area (Å²) in [5, 5.41) is 0. The highest BCUT2D eigenvalue weighted by Crippen LogP contribution is 2.30. The summed E-state index contributed by atoms with van der Waals surface area (Å²) in [6.45, 7) is 3.50. The molecule has 1 atom stereocenters. The number of hydrogen-bond donors (Lipinski definition) is 1. The molecule has 0 aliphatic rings. The zero-order chi connectivity index (χ0) is 11.6. The standard InChI is InChI=1S/C11H14F3N/c1-7-5-10(11(12,13)14)4-3-9(7)6-8(2)15/h3-5,8H,6,15H2,1-2H3. The molecule has 1 unspecified atom stereocenters. The lowest BCUT2D eigenvalue weighted by molar-refractivity contribution is -0.137. The molecule has 0 saturated heterocycles. The quantitative estimate of drug-likeness (QED) is 0.809. The molecule has 0 spiro atoms. The van der Waals surface area contributed by atoms with Gasteiger partial charge in [0.15, 0.2) is 0 Å². The van der Waals surface area contributed by atoms with E-state index < -0.39 is 11.7 Å². The van der Waals surface area contributed by atoms with E-state index in [9.17, 15) is 13.2 Å². The van der Waals surface area contributed by atoms with E-state index in [4.69, 9.17) is 5.73 Å². The predicted molar refractivity (Wildman–Crippen MR) is 53.5 cm³/mol. The normalized spacial score (nSPS) is 14.0. The average Bonchev–Trinajstić information content (AvgIpc) is 2.05. The minimum Gasteiger partial charge on any atom is -0.328 e. The first-order chi connectivity index (χ1) is 6.80. The maximum Gasteiger partial charge on any atom is 0.416 e. The Labute approximate surface area is 87.1 Å². The van der Waals surface area contributed by atoms with E-state index in [1.54, 1.807) is 6.92 Å². The second-order valence-corrected chi connectivity index (χ2v) is 3.82. The number of rotatable bonds is 2. The van der Waals surface area contributed by atoms with E-state index in [0.29, 0.717) is 12.0 Å². The highest BCUT2D eigenvalue weighted by molar-refractivity contribution is 5.32. The summed E-state index contributed by atoms with van der Waals surface area (Å²) in [6.07, 6.45) is -3.67. The molecule has 0 saturated carbocycles. The lowest BCUT2D eigenvalue weighted by atomic mass is 10.00. The van der Waals surface area contributed by atoms with Crippen LogP contribution in [0.1, 0.15) is 23.6 Å². The first kappa shape index (κ1) is 12.0. The van der Waals surface area contributed by atoms with Crippen LogP contribution in [0.15, 0.2) is 18.2 Å². The number of nitrogens with two attached hydrogens (primary N) is 1. The number of halogens is 3. The summed E-state index contributed by atoms with van der Waals surface area (Å²) in [4.78, 5) is 0. The van der Waals surface area contributed by atoms with Crippen molar-refractivity contribution in [2.75, 3.05) is 0 Å². The second-order valence-electron chi connectivity index (χ2n) is 3.82. The molecule has 1 aromatic carbocycles. The van der Waals surface area contributed by atoms with Gasteiger partial charge in [-0.3, -0.25) is 0 Å². The molecule has 0 radical (unpaired) electrons. The van der Waals surface area contributed by atoms with Crippen molar-refractivity contribution in [2.24, 2.45) is 5.73 Å². The maximum absolute atomic E-state index is 12.3. The van der Waals surface area contributed by atoms with Gasteiger partial charge in [0, 0.05) is 6.04 Å². The fourth-order valence-electron chi connectivity index (χ4n) is 1.45. The minimum absolute atomic E-state index is 0.0413. The van der Waals surface area contributed by atoms with E-state index in [1.807, 2.05) is 6.92 Å². The molecule has 0 aliphatic carbocycles. The summed E-state index contributed by atoms with van der Waals surface area (Å²) < 4.78 is 37.0. The summed E-state index contributed by atoms with van der Waals surface area (Å²) in [6, 6.07) is 3.73. The van der Waals surface area contributed by atoms with Gasteiger partial charge in [-0.2, -0.15) is 13.2 Å². The second kappa shape index (κ2) is 4.23. The molecule has 1 nitrogen and oxygen atoms in total. The average molecular weight is 217 g/mol. The van der Waals surface area contributed by atoms with Crippen molar-refractivity contribution in [2.45, 2.75) is 32.5 Å². The largest absolute Gasteiger partial charge is 0.416 e. The molecule has 0 amide bonds. The third kappa shape index (κ3) is 3.23. The smallest absolute Gasteiger partial charge is 0.328 e. The Morgan fingerprint density at radius 3 is 2.33 bits per heavy atom. The van der Waals surface area contributed by atoms with Gasteiger partial charge in [-0.1, -0.05) is 6.07 Å². The Morgan fingerprint density at radius 1 is 1.33 bits per heavy atom. The van der Waals surface area contributed by atoms with Gasteiger partial charge in [0.05, 0.1) is 5.56 Å². The summed E-state index contributed by atoms with van der Waals surface area (Å²) >= 11 is 0. The Hall–Kier alpha value is -1.03. The van der Waals surface area contributed by atoms with Crippen LogP contribution >= 0.6 is 0 Å². The van der Waals surface area contributed by atoms with E-state index >= 15 is 0 Å². The van der Waals surface area contributed by atoms with Crippen LogP contribution in [0.4, 0.5) is 13.2 Å². The van der Waals surface area contributed by atoms with Crippen molar-refractivity contribution < 1.29 is 13.2 Å². The van der Waals surface area contributed by atoms with Gasteiger partial charge in [-0.05, 0) is 43.5 Å². The zero-order valence-electron chi connectivity index (χ0n) is 8.73. The maximum atomic E-state index is 12.3. The molecule has 1 rings (SSSR count). The number of benzene rings is 1. The molecule has 0 fully saturated rings. The molecule has 15 heavy (non-hydrogen) atoms. The number of hydrogen-bond acceptors (Lipinski definition) is 1. The Morgan fingerprint density at radius 2 is 1.93 bits per heavy atom. The van der Waals surface area contributed by atoms with Crippen molar-refractivity contribution in [1.29, 1.82) is 0 Å². The van der Waals surface area contributed by atoms with Crippen molar-refractivity contribution in [3.05, 3.63) is 34.9 Å². The molecule has 0 heterocycles. The van der Waals surface area contributed by atoms with Crippen LogP contribution in [0.5, 0.6) is 0 Å². The van der Waals surface area contributed by atoms with E-state index in [0.717, 1.165) is 17.7 Å². The van der Waals surface area contributed by atoms with E-state index in [1.165, 1.54) is 6.07 Å². The molecule has 2 N–H and O–H groups in total. The number of alkyl halides is 3. The topological polar surface area (TPSA) is 26.0 Å². The minimum atomic E-state index is -4.27. The molecule has 84 valence electrons. The van der Waals surface area contributed by atoms with Crippen molar-refractivity contribution in [1.82, 2.24) is 0 Å². The summed E-state index contributed by atoms with van der Waals surface area (Å²) in [5.41, 5.74) is 6.51. The van der Waals surface area contributed by atoms with Crippen molar-refractivity contribution in [3.8, 4) is 0 Å². The molecular formula is C11H14F3N. The predicted octanol–water partition coefficient (Wildman–Crippen LogP) is 2.90. The van der Waals surface area contributed by atoms with Gasteiger partial charge < -0.3 is 5.73 Å². The van der Waals surface area contributed by atoms with Crippen LogP contribution in [-0.4, -0.2) is 6.04 Å². The van der Waals surface area contributed by atoms with Gasteiger partial charge in [-0.25, -0.2) is 0 Å². The first-order valence-corrected chi connectivity index (χ1v) is 4.73. The summed E-state index contributed by atoms with van der Waals surface area (Å²) in [7, 11) is 0. The fourth-order valence-corrected chi connectivity index (χ4v) is 1.45. The molecule has 0 aromatic heterocycles. The highest BCUT2D eigenvalue weighted by Gasteiger charge is 2.30. The SMILES string of the molecule is Cc1cc(C(F)(F)F)ccc1CC(C)N. The van der Waals surface area contributed by atoms with Crippen LogP contribution in [0.25, 0.3) is 0 Å². The number of aryl methyl sites for hydroxylation is 1. The Balaban J connectivity index is 2.98. The fraction of sp³-hybridized carbons (Fsp3) is 0.455. The lowest BCUT2D eigenvalue weighted by Gasteiger charge is -2.12. The van der Waals surface area contributed by atoms with E-state index in [-0.39, 0.29) is 6.04 Å². The van der Waals surface area contributed by atoms with Crippen LogP contribution < -0.4 is 5.73 Å².